The number of hydrogen-bond acceptors (Lipinski definition) is 10. The number of nitro benzene ring substituents is 1. The van der Waals surface area contributed by atoms with Gasteiger partial charge in [-0.3, -0.25) is 10.1 Å². The number of ether oxygens (including phenoxy) is 5. The third kappa shape index (κ3) is 5.21. The molecular weight excluding hydrogens is 496 g/mol. The number of nitrogens with zero attached hydrogens (tertiary/aromatic N) is 2. The van der Waals surface area contributed by atoms with E-state index in [4.69, 9.17) is 23.7 Å². The summed E-state index contributed by atoms with van der Waals surface area (Å²) in [5.41, 5.74) is 1.56. The number of nitro groups is 1. The van der Waals surface area contributed by atoms with E-state index in [9.17, 15) is 19.7 Å². The van der Waals surface area contributed by atoms with Crippen molar-refractivity contribution < 1.29 is 38.2 Å². The van der Waals surface area contributed by atoms with Gasteiger partial charge in [0, 0.05) is 23.8 Å². The van der Waals surface area contributed by atoms with Gasteiger partial charge in [-0.25, -0.2) is 14.6 Å². The van der Waals surface area contributed by atoms with E-state index in [2.05, 4.69) is 4.99 Å². The number of carbonyl (C=O) groups excluding carboxylic acids is 2. The SMILES string of the molecule is COc1cc(/C=C2/N=C(c3ccc4c(c3)OCO4)OC2=O)ccc1OC(=O)/C=C/c1cccc([N+](=O)[O-])c1. The molecule has 0 spiro atoms. The number of rotatable bonds is 7. The summed E-state index contributed by atoms with van der Waals surface area (Å²) < 4.78 is 26.6. The molecule has 0 saturated carbocycles. The molecular formula is C27H18N2O9. The Labute approximate surface area is 215 Å². The number of hydrogen-bond donors (Lipinski definition) is 0. The van der Waals surface area contributed by atoms with E-state index in [0.29, 0.717) is 28.2 Å². The lowest BCUT2D eigenvalue weighted by molar-refractivity contribution is -0.384. The summed E-state index contributed by atoms with van der Waals surface area (Å²) in [5.74, 6) is 0.310. The fraction of sp³-hybridized carbons (Fsp3) is 0.0741. The van der Waals surface area contributed by atoms with Gasteiger partial charge in [-0.2, -0.15) is 0 Å². The van der Waals surface area contributed by atoms with Gasteiger partial charge in [0.2, 0.25) is 12.7 Å². The van der Waals surface area contributed by atoms with Gasteiger partial charge in [0.1, 0.15) is 0 Å². The molecule has 0 aliphatic carbocycles. The fourth-order valence-electron chi connectivity index (χ4n) is 3.63. The highest BCUT2D eigenvalue weighted by Crippen LogP contribution is 2.34. The van der Waals surface area contributed by atoms with Gasteiger partial charge in [-0.15, -0.1) is 0 Å². The molecule has 0 fully saturated rings. The standard InChI is InChI=1S/C27H18N2O9/c1-34-23-13-17(5-8-22(23)37-25(30)10-6-16-3-2-4-19(11-16)29(32)33)12-20-27(31)38-26(28-20)18-7-9-21-24(14-18)36-15-35-21/h2-14H,15H2,1H3/b10-6+,20-12+. The monoisotopic (exact) mass is 514 g/mol. The lowest BCUT2D eigenvalue weighted by Gasteiger charge is -2.08. The Morgan fingerprint density at radius 1 is 1.03 bits per heavy atom. The number of cyclic esters (lactones) is 1. The molecule has 0 radical (unpaired) electrons. The number of benzene rings is 3. The first kappa shape index (κ1) is 24.3. The van der Waals surface area contributed by atoms with Crippen LogP contribution in [-0.4, -0.2) is 36.7 Å². The predicted octanol–water partition coefficient (Wildman–Crippen LogP) is 4.30. The number of aliphatic imine (C=N–C) groups is 1. The van der Waals surface area contributed by atoms with Crippen molar-refractivity contribution in [2.24, 2.45) is 4.99 Å². The zero-order chi connectivity index (χ0) is 26.6. The Morgan fingerprint density at radius 2 is 1.87 bits per heavy atom. The van der Waals surface area contributed by atoms with Gasteiger partial charge in [-0.1, -0.05) is 18.2 Å². The fourth-order valence-corrected chi connectivity index (χ4v) is 3.63. The highest BCUT2D eigenvalue weighted by atomic mass is 16.7. The van der Waals surface area contributed by atoms with Gasteiger partial charge >= 0.3 is 11.9 Å². The van der Waals surface area contributed by atoms with Crippen molar-refractivity contribution in [1.29, 1.82) is 0 Å². The van der Waals surface area contributed by atoms with Gasteiger partial charge in [0.05, 0.1) is 12.0 Å². The number of methoxy groups -OCH3 is 1. The molecule has 0 unspecified atom stereocenters. The molecule has 3 aromatic carbocycles. The maximum Gasteiger partial charge on any atom is 0.363 e. The molecule has 3 aromatic rings. The van der Waals surface area contributed by atoms with Crippen LogP contribution in [0.4, 0.5) is 5.69 Å². The van der Waals surface area contributed by atoms with Crippen molar-refractivity contribution in [3.8, 4) is 23.0 Å². The van der Waals surface area contributed by atoms with E-state index in [1.165, 1.54) is 43.5 Å². The van der Waals surface area contributed by atoms with Crippen LogP contribution in [0.1, 0.15) is 16.7 Å². The maximum atomic E-state index is 12.4. The van der Waals surface area contributed by atoms with E-state index >= 15 is 0 Å². The number of non-ortho nitro benzene ring substituents is 1. The van der Waals surface area contributed by atoms with E-state index in [0.717, 1.165) is 6.08 Å². The second-order valence-electron chi connectivity index (χ2n) is 7.92. The molecule has 0 bridgehead atoms. The minimum absolute atomic E-state index is 0.0735. The van der Waals surface area contributed by atoms with Crippen LogP contribution in [0.25, 0.3) is 12.2 Å². The lowest BCUT2D eigenvalue weighted by Crippen LogP contribution is -2.05. The van der Waals surface area contributed by atoms with Crippen LogP contribution in [0.3, 0.4) is 0 Å². The van der Waals surface area contributed by atoms with E-state index < -0.39 is 16.9 Å². The summed E-state index contributed by atoms with van der Waals surface area (Å²) in [6, 6.07) is 15.6. The zero-order valence-corrected chi connectivity index (χ0v) is 19.8. The molecule has 2 aliphatic heterocycles. The molecule has 2 heterocycles. The molecule has 5 rings (SSSR count). The van der Waals surface area contributed by atoms with E-state index in [1.54, 1.807) is 36.4 Å². The molecule has 0 amide bonds. The molecule has 11 heteroatoms. The van der Waals surface area contributed by atoms with Gasteiger partial charge in [0.15, 0.2) is 28.7 Å². The van der Waals surface area contributed by atoms with Crippen LogP contribution in [0.5, 0.6) is 23.0 Å². The van der Waals surface area contributed by atoms with Crippen molar-refractivity contribution in [2.75, 3.05) is 13.9 Å². The summed E-state index contributed by atoms with van der Waals surface area (Å²) in [6.07, 6.45) is 4.07. The molecule has 190 valence electrons. The van der Waals surface area contributed by atoms with Gasteiger partial charge < -0.3 is 23.7 Å². The van der Waals surface area contributed by atoms with E-state index in [-0.39, 0.29) is 35.6 Å². The normalized spacial score (nSPS) is 14.9. The average Bonchev–Trinajstić information content (AvgIpc) is 3.54. The zero-order valence-electron chi connectivity index (χ0n) is 19.8. The predicted molar refractivity (Wildman–Crippen MR) is 134 cm³/mol. The van der Waals surface area contributed by atoms with Crippen LogP contribution < -0.4 is 18.9 Å². The molecule has 0 aromatic heterocycles. The molecule has 0 saturated heterocycles. The highest BCUT2D eigenvalue weighted by molar-refractivity contribution is 6.13. The second-order valence-corrected chi connectivity index (χ2v) is 7.92. The third-order valence-corrected chi connectivity index (χ3v) is 5.43. The Hall–Kier alpha value is -5.45. The largest absolute Gasteiger partial charge is 0.493 e. The summed E-state index contributed by atoms with van der Waals surface area (Å²) in [5, 5.41) is 10.9. The van der Waals surface area contributed by atoms with Crippen molar-refractivity contribution >= 4 is 35.7 Å². The maximum absolute atomic E-state index is 12.4. The number of esters is 2. The topological polar surface area (TPSA) is 136 Å². The minimum Gasteiger partial charge on any atom is -0.493 e. The first-order valence-electron chi connectivity index (χ1n) is 11.1. The van der Waals surface area contributed by atoms with Crippen LogP contribution in [0.2, 0.25) is 0 Å². The Kier molecular flexibility index (Phi) is 6.55. The average molecular weight is 514 g/mol. The minimum atomic E-state index is -0.710. The number of carbonyl (C=O) groups is 2. The Balaban J connectivity index is 1.31. The van der Waals surface area contributed by atoms with E-state index in [1.807, 2.05) is 0 Å². The van der Waals surface area contributed by atoms with Gasteiger partial charge in [-0.05, 0) is 53.6 Å². The van der Waals surface area contributed by atoms with Crippen molar-refractivity contribution in [2.45, 2.75) is 0 Å². The third-order valence-electron chi connectivity index (χ3n) is 5.43. The highest BCUT2D eigenvalue weighted by Gasteiger charge is 2.26. The van der Waals surface area contributed by atoms with Crippen LogP contribution in [0, 0.1) is 10.1 Å². The van der Waals surface area contributed by atoms with Crippen LogP contribution in [-0.2, 0) is 14.3 Å². The quantitative estimate of drug-likeness (QED) is 0.149. The summed E-state index contributed by atoms with van der Waals surface area (Å²) >= 11 is 0. The summed E-state index contributed by atoms with van der Waals surface area (Å²) in [6.45, 7) is 0.122. The van der Waals surface area contributed by atoms with Crippen molar-refractivity contribution in [3.63, 3.8) is 0 Å². The molecule has 2 aliphatic rings. The molecule has 38 heavy (non-hydrogen) atoms. The Morgan fingerprint density at radius 3 is 2.68 bits per heavy atom. The van der Waals surface area contributed by atoms with Crippen LogP contribution >= 0.6 is 0 Å². The first-order chi connectivity index (χ1) is 18.4. The molecule has 11 nitrogen and oxygen atoms in total. The van der Waals surface area contributed by atoms with Gasteiger partial charge in [0.25, 0.3) is 5.69 Å². The summed E-state index contributed by atoms with van der Waals surface area (Å²) in [7, 11) is 1.41. The second kappa shape index (κ2) is 10.3. The van der Waals surface area contributed by atoms with Crippen LogP contribution in [0.15, 0.2) is 77.4 Å². The molecule has 0 atom stereocenters. The smallest absolute Gasteiger partial charge is 0.363 e. The first-order valence-corrected chi connectivity index (χ1v) is 11.1. The Bertz CT molecular complexity index is 1560. The molecule has 0 N–H and O–H groups in total. The lowest BCUT2D eigenvalue weighted by atomic mass is 10.1. The van der Waals surface area contributed by atoms with Crippen molar-refractivity contribution in [1.82, 2.24) is 0 Å². The number of fused-ring (bicyclic) bond motifs is 1. The van der Waals surface area contributed by atoms with Crippen molar-refractivity contribution in [3.05, 3.63) is 99.2 Å². The summed E-state index contributed by atoms with van der Waals surface area (Å²) in [4.78, 5) is 39.4.